The van der Waals surface area contributed by atoms with Crippen LogP contribution in [0.15, 0.2) is 48.5 Å². The quantitative estimate of drug-likeness (QED) is 0.891. The predicted molar refractivity (Wildman–Crippen MR) is 87.8 cm³/mol. The number of hydrogen-bond acceptors (Lipinski definition) is 4. The molecule has 23 heavy (non-hydrogen) atoms. The van der Waals surface area contributed by atoms with Crippen LogP contribution in [0, 0.1) is 0 Å². The van der Waals surface area contributed by atoms with Crippen molar-refractivity contribution in [2.75, 3.05) is 14.2 Å². The molecule has 0 amide bonds. The van der Waals surface area contributed by atoms with Gasteiger partial charge in [0.1, 0.15) is 22.7 Å². The summed E-state index contributed by atoms with van der Waals surface area (Å²) in [6, 6.07) is 14.5. The van der Waals surface area contributed by atoms with Gasteiger partial charge in [-0.15, -0.1) is 0 Å². The van der Waals surface area contributed by atoms with Crippen molar-refractivity contribution in [2.45, 2.75) is 30.5 Å². The lowest BCUT2D eigenvalue weighted by molar-refractivity contribution is -0.176. The van der Waals surface area contributed by atoms with Crippen molar-refractivity contribution in [3.8, 4) is 11.5 Å². The Bertz CT molecular complexity index is 679. The topological polar surface area (TPSA) is 58.9 Å². The Hall–Kier alpha value is -2.04. The molecule has 0 saturated heterocycles. The summed E-state index contributed by atoms with van der Waals surface area (Å²) in [6.07, 6.45) is 1.97. The second-order valence-electron chi connectivity index (χ2n) is 6.03. The van der Waals surface area contributed by atoms with E-state index >= 15 is 0 Å². The van der Waals surface area contributed by atoms with Crippen molar-refractivity contribution in [3.63, 3.8) is 0 Å². The van der Waals surface area contributed by atoms with Crippen LogP contribution in [0.3, 0.4) is 0 Å². The Labute approximate surface area is 136 Å². The highest BCUT2D eigenvalue weighted by Gasteiger charge is 2.56. The Morgan fingerprint density at radius 2 is 1.70 bits per heavy atom. The number of rotatable bonds is 5. The first-order valence-corrected chi connectivity index (χ1v) is 7.78. The van der Waals surface area contributed by atoms with Crippen LogP contribution in [0.4, 0.5) is 0 Å². The molecule has 3 rings (SSSR count). The lowest BCUT2D eigenvalue weighted by Gasteiger charge is -2.50. The first-order chi connectivity index (χ1) is 11.0. The van der Waals surface area contributed by atoms with E-state index in [-0.39, 0.29) is 0 Å². The third-order valence-corrected chi connectivity index (χ3v) is 4.84. The van der Waals surface area contributed by atoms with Gasteiger partial charge in [0.15, 0.2) is 0 Å². The van der Waals surface area contributed by atoms with Crippen molar-refractivity contribution in [2.24, 2.45) is 0 Å². The summed E-state index contributed by atoms with van der Waals surface area (Å²) in [5.74, 6) is 1.13. The van der Waals surface area contributed by atoms with E-state index < -0.39 is 11.2 Å². The van der Waals surface area contributed by atoms with Crippen LogP contribution >= 0.6 is 0 Å². The normalized spacial score (nSPS) is 18.6. The lowest BCUT2D eigenvalue weighted by atomic mass is 9.62. The van der Waals surface area contributed by atoms with Crippen LogP contribution in [0.25, 0.3) is 0 Å². The fraction of sp³-hybridized carbons (Fsp3) is 0.368. The van der Waals surface area contributed by atoms with Gasteiger partial charge in [-0.05, 0) is 43.0 Å². The zero-order chi connectivity index (χ0) is 16.5. The van der Waals surface area contributed by atoms with E-state index in [1.807, 2.05) is 30.3 Å². The molecule has 0 heterocycles. The Kier molecular flexibility index (Phi) is 4.04. The minimum Gasteiger partial charge on any atom is -0.497 e. The SMILES string of the molecule is COc1ccc(OC)c(C(O)(c2ccccc2)C2(O)CCC2)c1. The van der Waals surface area contributed by atoms with Crippen LogP contribution in [0.2, 0.25) is 0 Å². The number of hydrogen-bond donors (Lipinski definition) is 2. The average molecular weight is 314 g/mol. The molecule has 4 nitrogen and oxygen atoms in total. The maximum absolute atomic E-state index is 11.7. The third kappa shape index (κ3) is 2.38. The van der Waals surface area contributed by atoms with Gasteiger partial charge in [0.2, 0.25) is 0 Å². The zero-order valence-corrected chi connectivity index (χ0v) is 13.5. The van der Waals surface area contributed by atoms with Gasteiger partial charge < -0.3 is 19.7 Å². The largest absolute Gasteiger partial charge is 0.497 e. The number of ether oxygens (including phenoxy) is 2. The third-order valence-electron chi connectivity index (χ3n) is 4.84. The molecule has 1 atom stereocenters. The summed E-state index contributed by atoms with van der Waals surface area (Å²) < 4.78 is 10.8. The molecule has 4 heteroatoms. The maximum Gasteiger partial charge on any atom is 0.147 e. The van der Waals surface area contributed by atoms with E-state index in [0.29, 0.717) is 35.5 Å². The highest BCUT2D eigenvalue weighted by atomic mass is 16.5. The molecular weight excluding hydrogens is 292 g/mol. The summed E-state index contributed by atoms with van der Waals surface area (Å²) in [5, 5.41) is 22.8. The molecule has 1 fully saturated rings. The molecule has 0 aromatic heterocycles. The van der Waals surface area contributed by atoms with Crippen LogP contribution in [-0.4, -0.2) is 30.0 Å². The summed E-state index contributed by atoms with van der Waals surface area (Å²) in [6.45, 7) is 0. The van der Waals surface area contributed by atoms with Gasteiger partial charge >= 0.3 is 0 Å². The predicted octanol–water partition coefficient (Wildman–Crippen LogP) is 2.85. The molecule has 1 aliphatic carbocycles. The van der Waals surface area contributed by atoms with Crippen LogP contribution in [0.1, 0.15) is 30.4 Å². The number of aliphatic hydroxyl groups is 2. The maximum atomic E-state index is 11.7. The summed E-state index contributed by atoms with van der Waals surface area (Å²) in [4.78, 5) is 0. The molecule has 0 spiro atoms. The monoisotopic (exact) mass is 314 g/mol. The fourth-order valence-electron chi connectivity index (χ4n) is 3.32. The fourth-order valence-corrected chi connectivity index (χ4v) is 3.32. The second kappa shape index (κ2) is 5.87. The van der Waals surface area contributed by atoms with E-state index in [9.17, 15) is 10.2 Å². The smallest absolute Gasteiger partial charge is 0.147 e. The van der Waals surface area contributed by atoms with E-state index in [0.717, 1.165) is 6.42 Å². The second-order valence-corrected chi connectivity index (χ2v) is 6.03. The molecule has 0 aliphatic heterocycles. The molecule has 2 aromatic rings. The van der Waals surface area contributed by atoms with E-state index in [2.05, 4.69) is 0 Å². The highest BCUT2D eigenvalue weighted by Crippen LogP contribution is 2.52. The number of methoxy groups -OCH3 is 2. The first kappa shape index (κ1) is 15.8. The minimum atomic E-state index is -1.55. The number of benzene rings is 2. The van der Waals surface area contributed by atoms with Gasteiger partial charge in [-0.1, -0.05) is 30.3 Å². The molecule has 2 aromatic carbocycles. The highest BCUT2D eigenvalue weighted by molar-refractivity contribution is 5.51. The van der Waals surface area contributed by atoms with Crippen molar-refractivity contribution in [1.82, 2.24) is 0 Å². The Balaban J connectivity index is 2.25. The van der Waals surface area contributed by atoms with Gasteiger partial charge in [-0.25, -0.2) is 0 Å². The summed E-state index contributed by atoms with van der Waals surface area (Å²) in [5.41, 5.74) is -1.60. The summed E-state index contributed by atoms with van der Waals surface area (Å²) in [7, 11) is 3.13. The van der Waals surface area contributed by atoms with Crippen molar-refractivity contribution in [1.29, 1.82) is 0 Å². The van der Waals surface area contributed by atoms with Crippen LogP contribution in [-0.2, 0) is 5.60 Å². The molecule has 1 aliphatic rings. The van der Waals surface area contributed by atoms with Gasteiger partial charge in [0.05, 0.1) is 14.2 Å². The molecule has 122 valence electrons. The standard InChI is InChI=1S/C19H22O4/c1-22-15-9-10-17(23-2)16(13-15)19(21,18(20)11-6-12-18)14-7-4-3-5-8-14/h3-5,7-10,13,20-21H,6,11-12H2,1-2H3. The molecule has 2 N–H and O–H groups in total. The van der Waals surface area contributed by atoms with Crippen molar-refractivity contribution in [3.05, 3.63) is 59.7 Å². The van der Waals surface area contributed by atoms with Gasteiger partial charge in [0, 0.05) is 5.56 Å². The zero-order valence-electron chi connectivity index (χ0n) is 13.5. The molecule has 0 bridgehead atoms. The first-order valence-electron chi connectivity index (χ1n) is 7.78. The van der Waals surface area contributed by atoms with Crippen molar-refractivity contribution >= 4 is 0 Å². The van der Waals surface area contributed by atoms with E-state index in [4.69, 9.17) is 9.47 Å². The van der Waals surface area contributed by atoms with Gasteiger partial charge in [-0.2, -0.15) is 0 Å². The summed E-state index contributed by atoms with van der Waals surface area (Å²) >= 11 is 0. The average Bonchev–Trinajstić information content (AvgIpc) is 2.59. The molecular formula is C19H22O4. The van der Waals surface area contributed by atoms with Crippen LogP contribution in [0.5, 0.6) is 11.5 Å². The lowest BCUT2D eigenvalue weighted by Crippen LogP contribution is -2.57. The van der Waals surface area contributed by atoms with E-state index in [1.165, 1.54) is 0 Å². The van der Waals surface area contributed by atoms with Gasteiger partial charge in [-0.3, -0.25) is 0 Å². The van der Waals surface area contributed by atoms with Gasteiger partial charge in [0.25, 0.3) is 0 Å². The molecule has 1 saturated carbocycles. The minimum absolute atomic E-state index is 0.521. The molecule has 0 radical (unpaired) electrons. The molecule has 1 unspecified atom stereocenters. The van der Waals surface area contributed by atoms with Crippen molar-refractivity contribution < 1.29 is 19.7 Å². The van der Waals surface area contributed by atoms with E-state index in [1.54, 1.807) is 32.4 Å². The van der Waals surface area contributed by atoms with Crippen LogP contribution < -0.4 is 9.47 Å². The Morgan fingerprint density at radius 3 is 2.22 bits per heavy atom. The Morgan fingerprint density at radius 1 is 1.00 bits per heavy atom.